The first-order valence-electron chi connectivity index (χ1n) is 10.1. The number of carbonyl (C=O) groups excluding carboxylic acids is 2. The number of benzene rings is 2. The number of amides is 2. The summed E-state index contributed by atoms with van der Waals surface area (Å²) in [7, 11) is 0. The van der Waals surface area contributed by atoms with E-state index in [0.29, 0.717) is 5.13 Å². The lowest BCUT2D eigenvalue weighted by atomic mass is 9.98. The lowest BCUT2D eigenvalue weighted by molar-refractivity contribution is -0.137. The zero-order valence-corrected chi connectivity index (χ0v) is 17.8. The van der Waals surface area contributed by atoms with Crippen LogP contribution in [0.3, 0.4) is 0 Å². The normalized spacial score (nSPS) is 13.0. The first kappa shape index (κ1) is 21.5. The highest BCUT2D eigenvalue weighted by Gasteiger charge is 2.30. The first-order valence-corrected chi connectivity index (χ1v) is 10.9. The second kappa shape index (κ2) is 9.61. The van der Waals surface area contributed by atoms with Gasteiger partial charge in [0.25, 0.3) is 0 Å². The highest BCUT2D eigenvalue weighted by molar-refractivity contribution is 7.13. The summed E-state index contributed by atoms with van der Waals surface area (Å²) in [5.74, 6) is -1.73. The fourth-order valence-corrected chi connectivity index (χ4v) is 4.33. The molecule has 1 unspecified atom stereocenters. The van der Waals surface area contributed by atoms with Gasteiger partial charge in [-0.15, -0.1) is 11.3 Å². The minimum atomic E-state index is -1.06. The Balaban J connectivity index is 1.42. The molecule has 0 saturated heterocycles. The SMILES string of the molecule is O=C(O)CCC(NC(=O)OCC1c2ccccc2-c2ccccc21)C(=O)Nc1nccs1. The quantitative estimate of drug-likeness (QED) is 0.479. The van der Waals surface area contributed by atoms with Crippen LogP contribution in [0.5, 0.6) is 0 Å². The van der Waals surface area contributed by atoms with Crippen molar-refractivity contribution in [3.05, 3.63) is 71.2 Å². The van der Waals surface area contributed by atoms with E-state index >= 15 is 0 Å². The summed E-state index contributed by atoms with van der Waals surface area (Å²) in [6.45, 7) is 0.0968. The topological polar surface area (TPSA) is 118 Å². The van der Waals surface area contributed by atoms with Crippen LogP contribution in [0.15, 0.2) is 60.1 Å². The maximum Gasteiger partial charge on any atom is 0.407 e. The Bertz CT molecular complexity index is 1090. The summed E-state index contributed by atoms with van der Waals surface area (Å²) in [6, 6.07) is 14.9. The molecular weight excluding hydrogens is 430 g/mol. The Morgan fingerprint density at radius 3 is 2.31 bits per heavy atom. The molecule has 1 aliphatic carbocycles. The average molecular weight is 452 g/mol. The molecule has 0 radical (unpaired) electrons. The molecule has 2 amide bonds. The lowest BCUT2D eigenvalue weighted by Gasteiger charge is -2.19. The molecule has 3 N–H and O–H groups in total. The number of hydrogen-bond donors (Lipinski definition) is 3. The van der Waals surface area contributed by atoms with Crippen LogP contribution in [0.25, 0.3) is 11.1 Å². The van der Waals surface area contributed by atoms with Crippen LogP contribution >= 0.6 is 11.3 Å². The van der Waals surface area contributed by atoms with Gasteiger partial charge in [-0.05, 0) is 28.7 Å². The van der Waals surface area contributed by atoms with Crippen LogP contribution in [0.2, 0.25) is 0 Å². The number of hydrogen-bond acceptors (Lipinski definition) is 6. The standard InChI is InChI=1S/C23H21N3O5S/c27-20(28)10-9-19(21(29)26-22-24-11-12-32-22)25-23(30)31-13-18-16-7-3-1-5-14(16)15-6-2-4-8-17(15)18/h1-8,11-12,18-19H,9-10,13H2,(H,25,30)(H,27,28)(H,24,26,29). The van der Waals surface area contributed by atoms with Gasteiger partial charge in [0.1, 0.15) is 12.6 Å². The maximum atomic E-state index is 12.5. The van der Waals surface area contributed by atoms with E-state index in [9.17, 15) is 14.4 Å². The maximum absolute atomic E-state index is 12.5. The monoisotopic (exact) mass is 451 g/mol. The van der Waals surface area contributed by atoms with Crippen LogP contribution in [0.1, 0.15) is 29.9 Å². The van der Waals surface area contributed by atoms with Crippen molar-refractivity contribution in [1.29, 1.82) is 0 Å². The number of aliphatic carboxylic acids is 1. The van der Waals surface area contributed by atoms with E-state index in [-0.39, 0.29) is 25.4 Å². The summed E-state index contributed by atoms with van der Waals surface area (Å²) in [5.41, 5.74) is 4.37. The number of fused-ring (bicyclic) bond motifs is 3. The number of ether oxygens (including phenoxy) is 1. The van der Waals surface area contributed by atoms with E-state index < -0.39 is 24.0 Å². The second-order valence-corrected chi connectivity index (χ2v) is 8.18. The fraction of sp³-hybridized carbons (Fsp3) is 0.217. The van der Waals surface area contributed by atoms with E-state index in [0.717, 1.165) is 22.3 Å². The number of nitrogens with one attached hydrogen (secondary N) is 2. The molecule has 9 heteroatoms. The van der Waals surface area contributed by atoms with Gasteiger partial charge < -0.3 is 20.5 Å². The van der Waals surface area contributed by atoms with E-state index in [1.54, 1.807) is 5.38 Å². The molecule has 0 bridgehead atoms. The number of aromatic nitrogens is 1. The van der Waals surface area contributed by atoms with E-state index in [1.165, 1.54) is 17.5 Å². The number of thiazole rings is 1. The number of rotatable bonds is 8. The molecule has 0 aliphatic heterocycles. The Kier molecular flexibility index (Phi) is 6.46. The molecule has 32 heavy (non-hydrogen) atoms. The number of anilines is 1. The molecular formula is C23H21N3O5S. The predicted octanol–water partition coefficient (Wildman–Crippen LogP) is 3.85. The van der Waals surface area contributed by atoms with Crippen molar-refractivity contribution in [1.82, 2.24) is 10.3 Å². The Morgan fingerprint density at radius 2 is 1.72 bits per heavy atom. The molecule has 1 aliphatic rings. The zero-order valence-electron chi connectivity index (χ0n) is 17.0. The third kappa shape index (κ3) is 4.78. The largest absolute Gasteiger partial charge is 0.481 e. The summed E-state index contributed by atoms with van der Waals surface area (Å²) < 4.78 is 5.47. The summed E-state index contributed by atoms with van der Waals surface area (Å²) >= 11 is 1.22. The second-order valence-electron chi connectivity index (χ2n) is 7.28. The van der Waals surface area contributed by atoms with Crippen molar-refractivity contribution in [3.63, 3.8) is 0 Å². The molecule has 0 fully saturated rings. The predicted molar refractivity (Wildman–Crippen MR) is 120 cm³/mol. The molecule has 1 atom stereocenters. The van der Waals surface area contributed by atoms with Crippen molar-refractivity contribution in [2.45, 2.75) is 24.8 Å². The van der Waals surface area contributed by atoms with Crippen molar-refractivity contribution in [3.8, 4) is 11.1 Å². The average Bonchev–Trinajstić information content (AvgIpc) is 3.41. The molecule has 0 saturated carbocycles. The Hall–Kier alpha value is -3.72. The van der Waals surface area contributed by atoms with Gasteiger partial charge in [-0.2, -0.15) is 0 Å². The molecule has 3 aromatic rings. The molecule has 4 rings (SSSR count). The van der Waals surface area contributed by atoms with Crippen molar-refractivity contribution in [2.75, 3.05) is 11.9 Å². The molecule has 2 aromatic carbocycles. The highest BCUT2D eigenvalue weighted by atomic mass is 32.1. The number of carboxylic acid groups (broad SMARTS) is 1. The Labute approximate surface area is 188 Å². The van der Waals surface area contributed by atoms with Gasteiger partial charge in [0.15, 0.2) is 5.13 Å². The molecule has 1 aromatic heterocycles. The van der Waals surface area contributed by atoms with Crippen LogP contribution in [-0.4, -0.2) is 40.7 Å². The molecule has 1 heterocycles. The van der Waals surface area contributed by atoms with Gasteiger partial charge in [-0.25, -0.2) is 9.78 Å². The number of alkyl carbamates (subject to hydrolysis) is 1. The van der Waals surface area contributed by atoms with E-state index in [2.05, 4.69) is 15.6 Å². The van der Waals surface area contributed by atoms with Gasteiger partial charge in [0.2, 0.25) is 5.91 Å². The van der Waals surface area contributed by atoms with Gasteiger partial charge in [0, 0.05) is 23.9 Å². The number of carboxylic acids is 1. The van der Waals surface area contributed by atoms with Crippen molar-refractivity contribution < 1.29 is 24.2 Å². The van der Waals surface area contributed by atoms with Crippen LogP contribution < -0.4 is 10.6 Å². The fourth-order valence-electron chi connectivity index (χ4n) is 3.80. The van der Waals surface area contributed by atoms with Gasteiger partial charge in [-0.1, -0.05) is 48.5 Å². The van der Waals surface area contributed by atoms with E-state index in [4.69, 9.17) is 9.84 Å². The van der Waals surface area contributed by atoms with Gasteiger partial charge in [-0.3, -0.25) is 9.59 Å². The summed E-state index contributed by atoms with van der Waals surface area (Å²) in [6.07, 6.45) is 0.401. The highest BCUT2D eigenvalue weighted by Crippen LogP contribution is 2.44. The summed E-state index contributed by atoms with van der Waals surface area (Å²) in [5, 5.41) is 16.1. The van der Waals surface area contributed by atoms with Crippen LogP contribution in [-0.2, 0) is 14.3 Å². The van der Waals surface area contributed by atoms with Crippen LogP contribution in [0, 0.1) is 0 Å². The van der Waals surface area contributed by atoms with Crippen molar-refractivity contribution >= 4 is 34.4 Å². The minimum absolute atomic E-state index is 0.0727. The van der Waals surface area contributed by atoms with E-state index in [1.807, 2.05) is 48.5 Å². The molecule has 164 valence electrons. The summed E-state index contributed by atoms with van der Waals surface area (Å²) in [4.78, 5) is 40.0. The third-order valence-electron chi connectivity index (χ3n) is 5.26. The lowest BCUT2D eigenvalue weighted by Crippen LogP contribution is -2.44. The zero-order chi connectivity index (χ0) is 22.5. The van der Waals surface area contributed by atoms with Gasteiger partial charge in [0.05, 0.1) is 0 Å². The Morgan fingerprint density at radius 1 is 1.06 bits per heavy atom. The van der Waals surface area contributed by atoms with Gasteiger partial charge >= 0.3 is 12.1 Å². The first-order chi connectivity index (χ1) is 15.5. The molecule has 0 spiro atoms. The third-order valence-corrected chi connectivity index (χ3v) is 5.95. The molecule has 8 nitrogen and oxygen atoms in total. The van der Waals surface area contributed by atoms with Crippen molar-refractivity contribution in [2.24, 2.45) is 0 Å². The minimum Gasteiger partial charge on any atom is -0.481 e. The number of carbonyl (C=O) groups is 3. The smallest absolute Gasteiger partial charge is 0.407 e. The number of nitrogens with zero attached hydrogens (tertiary/aromatic N) is 1. The van der Waals surface area contributed by atoms with Crippen LogP contribution in [0.4, 0.5) is 9.93 Å².